The number of aliphatic hydroxyl groups is 1. The average molecular weight is 246 g/mol. The minimum absolute atomic E-state index is 0.0980. The van der Waals surface area contributed by atoms with Crippen molar-refractivity contribution < 1.29 is 5.11 Å². The Hall–Kier alpha value is -1.32. The maximum Gasteiger partial charge on any atom is 0.0682 e. The molecule has 0 aliphatic carbocycles. The van der Waals surface area contributed by atoms with Gasteiger partial charge in [-0.25, -0.2) is 0 Å². The maximum absolute atomic E-state index is 9.19. The molecule has 18 heavy (non-hydrogen) atoms. The van der Waals surface area contributed by atoms with Crippen LogP contribution in [-0.4, -0.2) is 22.2 Å². The fraction of sp³-hybridized carbons (Fsp3) is 0.467. The number of aliphatic hydroxyl groups excluding tert-OH is 1. The molecule has 0 bridgehead atoms. The summed E-state index contributed by atoms with van der Waals surface area (Å²) in [4.78, 5) is 3.28. The molecule has 0 radical (unpaired) electrons. The molecule has 0 aliphatic rings. The van der Waals surface area contributed by atoms with Crippen molar-refractivity contribution in [1.29, 1.82) is 0 Å². The Morgan fingerprint density at radius 2 is 2.06 bits per heavy atom. The van der Waals surface area contributed by atoms with Crippen LogP contribution in [0.4, 0.5) is 0 Å². The Morgan fingerprint density at radius 1 is 1.28 bits per heavy atom. The fourth-order valence-electron chi connectivity index (χ4n) is 2.10. The van der Waals surface area contributed by atoms with Gasteiger partial charge >= 0.3 is 0 Å². The number of aromatic amines is 1. The first-order chi connectivity index (χ1) is 8.49. The van der Waals surface area contributed by atoms with Gasteiger partial charge in [-0.3, -0.25) is 0 Å². The third kappa shape index (κ3) is 3.12. The minimum atomic E-state index is 0.0980. The number of rotatable bonds is 4. The van der Waals surface area contributed by atoms with E-state index in [1.807, 2.05) is 12.1 Å². The summed E-state index contributed by atoms with van der Waals surface area (Å²) in [6, 6.07) is 6.05. The van der Waals surface area contributed by atoms with E-state index >= 15 is 0 Å². The van der Waals surface area contributed by atoms with Crippen molar-refractivity contribution in [3.05, 3.63) is 35.5 Å². The summed E-state index contributed by atoms with van der Waals surface area (Å²) in [5, 5.41) is 13.9. The zero-order chi connectivity index (χ0) is 13.2. The quantitative estimate of drug-likeness (QED) is 0.776. The van der Waals surface area contributed by atoms with Gasteiger partial charge in [-0.1, -0.05) is 6.07 Å². The topological polar surface area (TPSA) is 48.0 Å². The molecule has 0 unspecified atom stereocenters. The largest absolute Gasteiger partial charge is 0.392 e. The summed E-state index contributed by atoms with van der Waals surface area (Å²) >= 11 is 0. The van der Waals surface area contributed by atoms with E-state index in [1.165, 1.54) is 10.9 Å². The number of nitrogens with one attached hydrogen (secondary N) is 2. The zero-order valence-corrected chi connectivity index (χ0v) is 11.4. The lowest BCUT2D eigenvalue weighted by atomic mass is 10.1. The van der Waals surface area contributed by atoms with Crippen molar-refractivity contribution in [2.24, 2.45) is 0 Å². The van der Waals surface area contributed by atoms with Crippen LogP contribution in [-0.2, 0) is 13.0 Å². The molecule has 1 aromatic heterocycles. The van der Waals surface area contributed by atoms with Crippen molar-refractivity contribution in [2.45, 2.75) is 39.3 Å². The van der Waals surface area contributed by atoms with E-state index in [1.54, 1.807) is 0 Å². The smallest absolute Gasteiger partial charge is 0.0682 e. The minimum Gasteiger partial charge on any atom is -0.392 e. The molecule has 0 fully saturated rings. The van der Waals surface area contributed by atoms with Gasteiger partial charge in [-0.2, -0.15) is 0 Å². The molecular weight excluding hydrogens is 224 g/mol. The first-order valence-electron chi connectivity index (χ1n) is 6.44. The van der Waals surface area contributed by atoms with Crippen LogP contribution in [0.25, 0.3) is 10.9 Å². The predicted octanol–water partition coefficient (Wildman–Crippen LogP) is 2.59. The van der Waals surface area contributed by atoms with Crippen LogP contribution < -0.4 is 5.32 Å². The Bertz CT molecular complexity index is 523. The van der Waals surface area contributed by atoms with Crippen molar-refractivity contribution in [3.8, 4) is 0 Å². The van der Waals surface area contributed by atoms with Crippen LogP contribution in [0.5, 0.6) is 0 Å². The Labute approximate surface area is 108 Å². The lowest BCUT2D eigenvalue weighted by Crippen LogP contribution is -2.37. The highest BCUT2D eigenvalue weighted by Crippen LogP contribution is 2.20. The number of fused-ring (bicyclic) bond motifs is 1. The molecule has 3 N–H and O–H groups in total. The van der Waals surface area contributed by atoms with Crippen LogP contribution in [0.1, 0.15) is 31.9 Å². The van der Waals surface area contributed by atoms with Gasteiger partial charge in [0.15, 0.2) is 0 Å². The second kappa shape index (κ2) is 5.12. The second-order valence-corrected chi connectivity index (χ2v) is 5.78. The summed E-state index contributed by atoms with van der Waals surface area (Å²) in [6.45, 7) is 7.57. The fourth-order valence-corrected chi connectivity index (χ4v) is 2.10. The SMILES string of the molecule is CC(C)(C)NCCc1c[nH]c2ccc(CO)cc12. The van der Waals surface area contributed by atoms with Gasteiger partial charge in [0.05, 0.1) is 6.61 Å². The molecule has 98 valence electrons. The molecule has 3 heteroatoms. The van der Waals surface area contributed by atoms with Gasteiger partial charge in [0.25, 0.3) is 0 Å². The van der Waals surface area contributed by atoms with Crippen LogP contribution in [0, 0.1) is 0 Å². The van der Waals surface area contributed by atoms with Crippen LogP contribution >= 0.6 is 0 Å². The molecule has 0 aliphatic heterocycles. The number of hydrogen-bond acceptors (Lipinski definition) is 2. The van der Waals surface area contributed by atoms with E-state index in [9.17, 15) is 5.11 Å². The van der Waals surface area contributed by atoms with E-state index in [-0.39, 0.29) is 12.1 Å². The summed E-state index contributed by atoms with van der Waals surface area (Å²) in [6.07, 6.45) is 3.06. The molecule has 0 amide bonds. The van der Waals surface area contributed by atoms with Gasteiger partial charge in [0.2, 0.25) is 0 Å². The highest BCUT2D eigenvalue weighted by atomic mass is 16.3. The number of aromatic nitrogens is 1. The first kappa shape index (κ1) is 13.1. The second-order valence-electron chi connectivity index (χ2n) is 5.78. The predicted molar refractivity (Wildman–Crippen MR) is 75.7 cm³/mol. The molecule has 0 saturated heterocycles. The third-order valence-corrected chi connectivity index (χ3v) is 3.06. The summed E-state index contributed by atoms with van der Waals surface area (Å²) in [5.74, 6) is 0. The highest BCUT2D eigenvalue weighted by molar-refractivity contribution is 5.83. The van der Waals surface area contributed by atoms with Crippen molar-refractivity contribution in [3.63, 3.8) is 0 Å². The summed E-state index contributed by atoms with van der Waals surface area (Å²) in [7, 11) is 0. The lowest BCUT2D eigenvalue weighted by molar-refractivity contribution is 0.282. The Balaban J connectivity index is 2.13. The van der Waals surface area contributed by atoms with Crippen LogP contribution in [0.2, 0.25) is 0 Å². The van der Waals surface area contributed by atoms with Gasteiger partial charge in [-0.15, -0.1) is 0 Å². The van der Waals surface area contributed by atoms with Crippen LogP contribution in [0.15, 0.2) is 24.4 Å². The maximum atomic E-state index is 9.19. The van der Waals surface area contributed by atoms with E-state index < -0.39 is 0 Å². The third-order valence-electron chi connectivity index (χ3n) is 3.06. The highest BCUT2D eigenvalue weighted by Gasteiger charge is 2.09. The molecular formula is C15H22N2O. The van der Waals surface area contributed by atoms with Crippen LogP contribution in [0.3, 0.4) is 0 Å². The Morgan fingerprint density at radius 3 is 2.72 bits per heavy atom. The van der Waals surface area contributed by atoms with Crippen molar-refractivity contribution in [2.75, 3.05) is 6.54 Å². The number of benzene rings is 1. The first-order valence-corrected chi connectivity index (χ1v) is 6.44. The molecule has 0 saturated carbocycles. The number of H-pyrrole nitrogens is 1. The van der Waals surface area contributed by atoms with Crippen molar-refractivity contribution >= 4 is 10.9 Å². The number of hydrogen-bond donors (Lipinski definition) is 3. The molecule has 0 atom stereocenters. The monoisotopic (exact) mass is 246 g/mol. The molecule has 2 rings (SSSR count). The van der Waals surface area contributed by atoms with Gasteiger partial charge in [0, 0.05) is 22.6 Å². The van der Waals surface area contributed by atoms with Gasteiger partial charge < -0.3 is 15.4 Å². The Kier molecular flexibility index (Phi) is 3.73. The average Bonchev–Trinajstić information content (AvgIpc) is 2.70. The zero-order valence-electron chi connectivity index (χ0n) is 11.4. The van der Waals surface area contributed by atoms with Crippen molar-refractivity contribution in [1.82, 2.24) is 10.3 Å². The van der Waals surface area contributed by atoms with E-state index in [2.05, 4.69) is 43.3 Å². The van der Waals surface area contributed by atoms with Gasteiger partial charge in [-0.05, 0) is 57.0 Å². The molecule has 0 spiro atoms. The lowest BCUT2D eigenvalue weighted by Gasteiger charge is -2.20. The van der Waals surface area contributed by atoms with Gasteiger partial charge in [0.1, 0.15) is 0 Å². The molecule has 2 aromatic rings. The van der Waals surface area contributed by atoms with E-state index in [4.69, 9.17) is 0 Å². The summed E-state index contributed by atoms with van der Waals surface area (Å²) < 4.78 is 0. The van der Waals surface area contributed by atoms with E-state index in [0.29, 0.717) is 0 Å². The molecule has 1 heterocycles. The molecule has 1 aromatic carbocycles. The molecule has 3 nitrogen and oxygen atoms in total. The summed E-state index contributed by atoms with van der Waals surface area (Å²) in [5.41, 5.74) is 3.56. The standard InChI is InChI=1S/C15H22N2O/c1-15(2,3)17-7-6-12-9-16-14-5-4-11(10-18)8-13(12)14/h4-5,8-9,16-18H,6-7,10H2,1-3H3. The van der Waals surface area contributed by atoms with E-state index in [0.717, 1.165) is 24.0 Å². The normalized spacial score (nSPS) is 12.2.